The summed E-state index contributed by atoms with van der Waals surface area (Å²) < 4.78 is 10.5. The predicted octanol–water partition coefficient (Wildman–Crippen LogP) is 2.72. The van der Waals surface area contributed by atoms with E-state index in [1.807, 2.05) is 24.3 Å². The van der Waals surface area contributed by atoms with Crippen LogP contribution in [0.4, 0.5) is 0 Å². The summed E-state index contributed by atoms with van der Waals surface area (Å²) in [5, 5.41) is 0. The molecule has 1 saturated carbocycles. The summed E-state index contributed by atoms with van der Waals surface area (Å²) in [6, 6.07) is 7.53. The Morgan fingerprint density at radius 3 is 1.42 bits per heavy atom. The first-order valence-corrected chi connectivity index (χ1v) is 8.82. The predicted molar refractivity (Wildman–Crippen MR) is 94.2 cm³/mol. The molecule has 26 heavy (non-hydrogen) atoms. The SMILES string of the molecule is CCOC(=O)C1C(C(=O)OCC)C(c2ccncc2)C1c1ccncc1. The molecule has 136 valence electrons. The summed E-state index contributed by atoms with van der Waals surface area (Å²) in [7, 11) is 0. The van der Waals surface area contributed by atoms with E-state index in [2.05, 4.69) is 9.97 Å². The minimum atomic E-state index is -0.574. The number of hydrogen-bond donors (Lipinski definition) is 0. The molecule has 0 amide bonds. The van der Waals surface area contributed by atoms with Crippen molar-refractivity contribution < 1.29 is 19.1 Å². The second-order valence-electron chi connectivity index (χ2n) is 6.17. The maximum Gasteiger partial charge on any atom is 0.310 e. The van der Waals surface area contributed by atoms with Crippen molar-refractivity contribution in [3.8, 4) is 0 Å². The first-order chi connectivity index (χ1) is 12.7. The van der Waals surface area contributed by atoms with Gasteiger partial charge in [-0.1, -0.05) is 0 Å². The minimum absolute atomic E-state index is 0.172. The second-order valence-corrected chi connectivity index (χ2v) is 6.17. The summed E-state index contributed by atoms with van der Waals surface area (Å²) >= 11 is 0. The fourth-order valence-electron chi connectivity index (χ4n) is 3.81. The van der Waals surface area contributed by atoms with Crippen molar-refractivity contribution in [3.05, 3.63) is 60.2 Å². The van der Waals surface area contributed by atoms with Crippen LogP contribution in [-0.4, -0.2) is 35.1 Å². The highest BCUT2D eigenvalue weighted by molar-refractivity contribution is 5.87. The van der Waals surface area contributed by atoms with E-state index in [0.29, 0.717) is 0 Å². The minimum Gasteiger partial charge on any atom is -0.466 e. The van der Waals surface area contributed by atoms with Gasteiger partial charge in [0.1, 0.15) is 0 Å². The summed E-state index contributed by atoms with van der Waals surface area (Å²) in [5.74, 6) is -2.22. The van der Waals surface area contributed by atoms with E-state index in [9.17, 15) is 9.59 Å². The molecule has 1 fully saturated rings. The summed E-state index contributed by atoms with van der Waals surface area (Å²) in [4.78, 5) is 33.4. The molecular formula is C20H22N2O4. The number of carbonyl (C=O) groups is 2. The molecule has 2 aromatic rings. The van der Waals surface area contributed by atoms with Crippen LogP contribution in [0.3, 0.4) is 0 Å². The third-order valence-corrected chi connectivity index (χ3v) is 4.85. The van der Waals surface area contributed by atoms with E-state index in [1.165, 1.54) is 0 Å². The Kier molecular flexibility index (Phi) is 5.61. The Bertz CT molecular complexity index is 685. The lowest BCUT2D eigenvalue weighted by atomic mass is 9.52. The van der Waals surface area contributed by atoms with Crippen molar-refractivity contribution >= 4 is 11.9 Å². The fraction of sp³-hybridized carbons (Fsp3) is 0.400. The molecule has 0 spiro atoms. The topological polar surface area (TPSA) is 78.4 Å². The second kappa shape index (κ2) is 8.08. The Hall–Kier alpha value is -2.76. The standard InChI is InChI=1S/C20H22N2O4/c1-3-25-19(23)17-15(13-5-9-21-10-6-13)16(14-7-11-22-12-8-14)18(17)20(24)26-4-2/h5-12,15-18H,3-4H2,1-2H3. The van der Waals surface area contributed by atoms with Gasteiger partial charge >= 0.3 is 11.9 Å². The Morgan fingerprint density at radius 1 is 0.769 bits per heavy atom. The van der Waals surface area contributed by atoms with Gasteiger partial charge in [0.25, 0.3) is 0 Å². The van der Waals surface area contributed by atoms with Gasteiger partial charge in [-0.3, -0.25) is 19.6 Å². The van der Waals surface area contributed by atoms with E-state index in [-0.39, 0.29) is 37.0 Å². The first-order valence-electron chi connectivity index (χ1n) is 8.82. The number of carbonyl (C=O) groups excluding carboxylic acids is 2. The van der Waals surface area contributed by atoms with Crippen molar-refractivity contribution in [2.24, 2.45) is 11.8 Å². The van der Waals surface area contributed by atoms with Crippen molar-refractivity contribution in [2.75, 3.05) is 13.2 Å². The van der Waals surface area contributed by atoms with Crippen LogP contribution in [0.2, 0.25) is 0 Å². The van der Waals surface area contributed by atoms with Gasteiger partial charge in [-0.05, 0) is 49.2 Å². The monoisotopic (exact) mass is 354 g/mol. The number of hydrogen-bond acceptors (Lipinski definition) is 6. The molecule has 3 rings (SSSR count). The molecule has 0 aromatic carbocycles. The molecular weight excluding hydrogens is 332 g/mol. The van der Waals surface area contributed by atoms with Gasteiger partial charge < -0.3 is 9.47 Å². The van der Waals surface area contributed by atoms with Crippen LogP contribution in [-0.2, 0) is 19.1 Å². The van der Waals surface area contributed by atoms with Gasteiger partial charge in [0.05, 0.1) is 25.0 Å². The normalized spacial score (nSPS) is 24.4. The number of aromatic nitrogens is 2. The molecule has 0 aliphatic heterocycles. The van der Waals surface area contributed by atoms with Crippen LogP contribution in [0.15, 0.2) is 49.1 Å². The average molecular weight is 354 g/mol. The number of nitrogens with zero attached hydrogens (tertiary/aromatic N) is 2. The molecule has 0 radical (unpaired) electrons. The van der Waals surface area contributed by atoms with Crippen molar-refractivity contribution in [3.63, 3.8) is 0 Å². The van der Waals surface area contributed by atoms with E-state index in [4.69, 9.17) is 9.47 Å². The quantitative estimate of drug-likeness (QED) is 0.742. The molecule has 1 aliphatic carbocycles. The number of esters is 2. The van der Waals surface area contributed by atoms with Gasteiger partial charge in [0.15, 0.2) is 0 Å². The number of pyridine rings is 2. The van der Waals surface area contributed by atoms with Gasteiger partial charge in [0, 0.05) is 36.6 Å². The summed E-state index contributed by atoms with van der Waals surface area (Å²) in [5.41, 5.74) is 1.92. The Labute approximate surface area is 152 Å². The molecule has 6 nitrogen and oxygen atoms in total. The maximum atomic E-state index is 12.6. The molecule has 0 N–H and O–H groups in total. The van der Waals surface area contributed by atoms with Crippen molar-refractivity contribution in [1.82, 2.24) is 9.97 Å². The van der Waals surface area contributed by atoms with Crippen LogP contribution in [0.5, 0.6) is 0 Å². The lowest BCUT2D eigenvalue weighted by Gasteiger charge is -2.49. The van der Waals surface area contributed by atoms with Crippen LogP contribution in [0, 0.1) is 11.8 Å². The number of rotatable bonds is 6. The molecule has 1 aliphatic rings. The van der Waals surface area contributed by atoms with E-state index < -0.39 is 11.8 Å². The van der Waals surface area contributed by atoms with Crippen LogP contribution < -0.4 is 0 Å². The lowest BCUT2D eigenvalue weighted by molar-refractivity contribution is -0.171. The molecule has 2 aromatic heterocycles. The van der Waals surface area contributed by atoms with E-state index in [0.717, 1.165) is 11.1 Å². The molecule has 6 heteroatoms. The van der Waals surface area contributed by atoms with Crippen molar-refractivity contribution in [1.29, 1.82) is 0 Å². The Balaban J connectivity index is 2.04. The zero-order valence-electron chi connectivity index (χ0n) is 14.9. The third-order valence-electron chi connectivity index (χ3n) is 4.85. The van der Waals surface area contributed by atoms with E-state index >= 15 is 0 Å². The highest BCUT2D eigenvalue weighted by atomic mass is 16.5. The summed E-state index contributed by atoms with van der Waals surface area (Å²) in [6.45, 7) is 4.07. The van der Waals surface area contributed by atoms with Gasteiger partial charge in [-0.15, -0.1) is 0 Å². The van der Waals surface area contributed by atoms with Gasteiger partial charge in [0.2, 0.25) is 0 Å². The van der Waals surface area contributed by atoms with Gasteiger partial charge in [-0.25, -0.2) is 0 Å². The third kappa shape index (κ3) is 3.31. The lowest BCUT2D eigenvalue weighted by Crippen LogP contribution is -2.52. The average Bonchev–Trinajstić information content (AvgIpc) is 2.63. The van der Waals surface area contributed by atoms with Crippen LogP contribution in [0.25, 0.3) is 0 Å². The largest absolute Gasteiger partial charge is 0.466 e. The summed E-state index contributed by atoms with van der Waals surface area (Å²) in [6.07, 6.45) is 6.77. The zero-order chi connectivity index (χ0) is 18.5. The number of ether oxygens (including phenoxy) is 2. The Morgan fingerprint density at radius 2 is 1.12 bits per heavy atom. The van der Waals surface area contributed by atoms with E-state index in [1.54, 1.807) is 38.6 Å². The molecule has 0 saturated heterocycles. The zero-order valence-corrected chi connectivity index (χ0v) is 14.9. The smallest absolute Gasteiger partial charge is 0.310 e. The van der Waals surface area contributed by atoms with Gasteiger partial charge in [-0.2, -0.15) is 0 Å². The fourth-order valence-corrected chi connectivity index (χ4v) is 3.81. The molecule has 4 atom stereocenters. The van der Waals surface area contributed by atoms with Crippen molar-refractivity contribution in [2.45, 2.75) is 25.7 Å². The highest BCUT2D eigenvalue weighted by Gasteiger charge is 2.59. The molecule has 2 heterocycles. The van der Waals surface area contributed by atoms with Crippen LogP contribution in [0.1, 0.15) is 36.8 Å². The molecule has 4 unspecified atom stereocenters. The van der Waals surface area contributed by atoms with Crippen LogP contribution >= 0.6 is 0 Å². The first kappa shape index (κ1) is 18.0. The maximum absolute atomic E-state index is 12.6. The highest BCUT2D eigenvalue weighted by Crippen LogP contribution is 2.58. The molecule has 0 bridgehead atoms.